The number of rotatable bonds is 15. The van der Waals surface area contributed by atoms with Crippen molar-refractivity contribution in [3.05, 3.63) is 47.5 Å². The second-order valence-electron chi connectivity index (χ2n) is 9.25. The Kier molecular flexibility index (Phi) is 11.0. The third kappa shape index (κ3) is 9.09. The third-order valence-corrected chi connectivity index (χ3v) is 8.17. The van der Waals surface area contributed by atoms with Crippen molar-refractivity contribution in [3.8, 4) is 0 Å². The maximum absolute atomic E-state index is 12.9. The van der Waals surface area contributed by atoms with Gasteiger partial charge in [-0.1, -0.05) is 63.4 Å². The molecular formula is C25H42N6O2S. The number of hydrogen-bond acceptors (Lipinski definition) is 6. The molecule has 3 N–H and O–H groups in total. The summed E-state index contributed by atoms with van der Waals surface area (Å²) in [5, 5.41) is 10.9. The van der Waals surface area contributed by atoms with Crippen LogP contribution in [0.5, 0.6) is 0 Å². The van der Waals surface area contributed by atoms with Gasteiger partial charge in [-0.2, -0.15) is 5.10 Å². The standard InChI is InChI=1S/C25H42N6O2S/c1-3-31(4-2)18-11-19-34(32,33)30-23(17-16-21-12-7-5-8-13-21)25-27-24(28-29-25)20-26-22-14-9-6-10-15-22/h5,7-8,12-13,22-23,26,30H,3-4,6,9-11,14-20H2,1-2H3,(H,27,28,29)/t23-/m1/s1. The topological polar surface area (TPSA) is 103 Å². The highest BCUT2D eigenvalue weighted by Crippen LogP contribution is 2.19. The van der Waals surface area contributed by atoms with E-state index in [1.165, 1.54) is 37.7 Å². The van der Waals surface area contributed by atoms with Crippen molar-refractivity contribution < 1.29 is 8.42 Å². The Labute approximate surface area is 205 Å². The van der Waals surface area contributed by atoms with E-state index in [2.05, 4.69) is 56.1 Å². The summed E-state index contributed by atoms with van der Waals surface area (Å²) in [7, 11) is -3.45. The fraction of sp³-hybridized carbons (Fsp3) is 0.680. The predicted molar refractivity (Wildman–Crippen MR) is 137 cm³/mol. The second-order valence-corrected chi connectivity index (χ2v) is 11.1. The molecule has 0 unspecified atom stereocenters. The van der Waals surface area contributed by atoms with Crippen LogP contribution in [0.2, 0.25) is 0 Å². The van der Waals surface area contributed by atoms with E-state index in [4.69, 9.17) is 0 Å². The van der Waals surface area contributed by atoms with Crippen LogP contribution in [0.15, 0.2) is 30.3 Å². The molecule has 0 bridgehead atoms. The molecule has 1 aromatic carbocycles. The van der Waals surface area contributed by atoms with Gasteiger partial charge in [0.1, 0.15) is 5.82 Å². The van der Waals surface area contributed by atoms with Gasteiger partial charge in [-0.3, -0.25) is 5.10 Å². The summed E-state index contributed by atoms with van der Waals surface area (Å²) in [5.74, 6) is 1.38. The fourth-order valence-corrected chi connectivity index (χ4v) is 5.88. The molecule has 1 saturated carbocycles. The first-order valence-corrected chi connectivity index (χ1v) is 14.5. The van der Waals surface area contributed by atoms with Gasteiger partial charge in [-0.05, 0) is 57.3 Å². The molecule has 2 aromatic rings. The lowest BCUT2D eigenvalue weighted by molar-refractivity contribution is 0.304. The summed E-state index contributed by atoms with van der Waals surface area (Å²) in [6.07, 6.45) is 8.24. The highest BCUT2D eigenvalue weighted by molar-refractivity contribution is 7.89. The Bertz CT molecular complexity index is 924. The van der Waals surface area contributed by atoms with Crippen LogP contribution in [0.25, 0.3) is 0 Å². The van der Waals surface area contributed by atoms with Crippen LogP contribution in [0.3, 0.4) is 0 Å². The lowest BCUT2D eigenvalue weighted by Gasteiger charge is -2.22. The van der Waals surface area contributed by atoms with Crippen LogP contribution < -0.4 is 10.0 Å². The average molecular weight is 491 g/mol. The number of H-pyrrole nitrogens is 1. The average Bonchev–Trinajstić information content (AvgIpc) is 3.33. The smallest absolute Gasteiger partial charge is 0.212 e. The molecule has 3 rings (SSSR count). The largest absolute Gasteiger partial charge is 0.307 e. The summed E-state index contributed by atoms with van der Waals surface area (Å²) in [6.45, 7) is 7.44. The molecule has 1 heterocycles. The summed E-state index contributed by atoms with van der Waals surface area (Å²) < 4.78 is 28.7. The Balaban J connectivity index is 1.62. The first-order chi connectivity index (χ1) is 16.5. The number of hydrogen-bond donors (Lipinski definition) is 3. The van der Waals surface area contributed by atoms with Gasteiger partial charge in [0, 0.05) is 6.04 Å². The Morgan fingerprint density at radius 3 is 2.56 bits per heavy atom. The predicted octanol–water partition coefficient (Wildman–Crippen LogP) is 3.55. The maximum atomic E-state index is 12.9. The summed E-state index contributed by atoms with van der Waals surface area (Å²) >= 11 is 0. The molecule has 34 heavy (non-hydrogen) atoms. The van der Waals surface area contributed by atoms with Gasteiger partial charge in [-0.25, -0.2) is 18.1 Å². The molecule has 1 aliphatic carbocycles. The molecule has 0 amide bonds. The van der Waals surface area contributed by atoms with E-state index in [9.17, 15) is 8.42 Å². The van der Waals surface area contributed by atoms with Gasteiger partial charge in [0.25, 0.3) is 0 Å². The van der Waals surface area contributed by atoms with Crippen LogP contribution in [-0.4, -0.2) is 59.9 Å². The van der Waals surface area contributed by atoms with Gasteiger partial charge < -0.3 is 10.2 Å². The molecule has 8 nitrogen and oxygen atoms in total. The molecule has 0 saturated heterocycles. The normalized spacial score (nSPS) is 16.2. The molecule has 1 atom stereocenters. The van der Waals surface area contributed by atoms with Crippen molar-refractivity contribution in [3.63, 3.8) is 0 Å². The number of aromatic amines is 1. The van der Waals surface area contributed by atoms with Crippen molar-refractivity contribution in [1.29, 1.82) is 0 Å². The highest BCUT2D eigenvalue weighted by atomic mass is 32.2. The number of aromatic nitrogens is 3. The van der Waals surface area contributed by atoms with Crippen molar-refractivity contribution in [1.82, 2.24) is 30.1 Å². The minimum absolute atomic E-state index is 0.107. The van der Waals surface area contributed by atoms with Crippen LogP contribution >= 0.6 is 0 Å². The molecule has 1 aromatic heterocycles. The lowest BCUT2D eigenvalue weighted by atomic mass is 9.95. The van der Waals surface area contributed by atoms with Gasteiger partial charge in [0.05, 0.1) is 18.3 Å². The summed E-state index contributed by atoms with van der Waals surface area (Å²) in [4.78, 5) is 6.90. The van der Waals surface area contributed by atoms with Crippen LogP contribution in [0.1, 0.15) is 82.0 Å². The van der Waals surface area contributed by atoms with E-state index in [1.807, 2.05) is 18.2 Å². The highest BCUT2D eigenvalue weighted by Gasteiger charge is 2.23. The first-order valence-electron chi connectivity index (χ1n) is 12.9. The van der Waals surface area contributed by atoms with Crippen LogP contribution in [-0.2, 0) is 23.0 Å². The lowest BCUT2D eigenvalue weighted by Crippen LogP contribution is -2.33. The zero-order valence-electron chi connectivity index (χ0n) is 20.8. The monoisotopic (exact) mass is 490 g/mol. The molecular weight excluding hydrogens is 448 g/mol. The molecule has 1 aliphatic rings. The molecule has 190 valence electrons. The van der Waals surface area contributed by atoms with E-state index in [0.717, 1.165) is 26.1 Å². The van der Waals surface area contributed by atoms with Gasteiger partial charge >= 0.3 is 0 Å². The Morgan fingerprint density at radius 1 is 1.12 bits per heavy atom. The number of aryl methyl sites for hydroxylation is 1. The minimum atomic E-state index is -3.45. The number of nitrogens with zero attached hydrogens (tertiary/aromatic N) is 3. The van der Waals surface area contributed by atoms with Crippen LogP contribution in [0.4, 0.5) is 0 Å². The van der Waals surface area contributed by atoms with Crippen molar-refractivity contribution >= 4 is 10.0 Å². The van der Waals surface area contributed by atoms with Crippen molar-refractivity contribution in [2.45, 2.75) is 83.8 Å². The number of nitrogens with one attached hydrogen (secondary N) is 3. The number of sulfonamides is 1. The summed E-state index contributed by atoms with van der Waals surface area (Å²) in [5.41, 5.74) is 1.17. The van der Waals surface area contributed by atoms with Gasteiger partial charge in [-0.15, -0.1) is 0 Å². The SMILES string of the molecule is CCN(CC)CCCS(=O)(=O)N[C@H](CCc1ccccc1)c1nc(CNC2CCCCC2)n[nH]1. The third-order valence-electron chi connectivity index (χ3n) is 6.70. The zero-order chi connectivity index (χ0) is 24.2. The molecule has 0 radical (unpaired) electrons. The Hall–Kier alpha value is -1.81. The molecule has 0 spiro atoms. The van der Waals surface area contributed by atoms with Crippen LogP contribution in [0, 0.1) is 0 Å². The zero-order valence-corrected chi connectivity index (χ0v) is 21.6. The van der Waals surface area contributed by atoms with Crippen molar-refractivity contribution in [2.75, 3.05) is 25.4 Å². The maximum Gasteiger partial charge on any atom is 0.212 e. The van der Waals surface area contributed by atoms with Gasteiger partial charge in [0.15, 0.2) is 5.82 Å². The molecule has 0 aliphatic heterocycles. The number of benzene rings is 1. The van der Waals surface area contributed by atoms with Gasteiger partial charge in [0.2, 0.25) is 10.0 Å². The van der Waals surface area contributed by atoms with E-state index >= 15 is 0 Å². The van der Waals surface area contributed by atoms with E-state index in [0.29, 0.717) is 37.1 Å². The minimum Gasteiger partial charge on any atom is -0.307 e. The van der Waals surface area contributed by atoms with Crippen molar-refractivity contribution in [2.24, 2.45) is 0 Å². The Morgan fingerprint density at radius 2 is 1.85 bits per heavy atom. The molecule has 9 heteroatoms. The molecule has 1 fully saturated rings. The van der Waals surface area contributed by atoms with E-state index < -0.39 is 16.1 Å². The quantitative estimate of drug-likeness (QED) is 0.353. The van der Waals surface area contributed by atoms with E-state index in [1.54, 1.807) is 0 Å². The fourth-order valence-electron chi connectivity index (χ4n) is 4.59. The van der Waals surface area contributed by atoms with E-state index in [-0.39, 0.29) is 5.75 Å². The second kappa shape index (κ2) is 13.9. The summed E-state index contributed by atoms with van der Waals surface area (Å²) in [6, 6.07) is 10.2. The first kappa shape index (κ1) is 26.8.